The Kier molecular flexibility index (Phi) is 6.88. The van der Waals surface area contributed by atoms with E-state index in [1.54, 1.807) is 7.11 Å². The number of rotatable bonds is 7. The SMILES string of the molecule is COc1cccc(CN2[C@@H]3COC[C@H]2CC(NC(=O)c2nn(CC=C(C)C)c4ccccc24)C3)c1. The van der Waals surface area contributed by atoms with Crippen LogP contribution in [0.4, 0.5) is 0 Å². The third-order valence-corrected chi connectivity index (χ3v) is 7.05. The van der Waals surface area contributed by atoms with Crippen LogP contribution in [-0.4, -0.2) is 59.0 Å². The molecule has 2 aliphatic rings. The van der Waals surface area contributed by atoms with Crippen molar-refractivity contribution in [2.24, 2.45) is 0 Å². The molecule has 184 valence electrons. The van der Waals surface area contributed by atoms with Gasteiger partial charge in [-0.3, -0.25) is 14.4 Å². The molecule has 2 aliphatic heterocycles. The number of piperidine rings is 1. The molecule has 1 N–H and O–H groups in total. The maximum Gasteiger partial charge on any atom is 0.272 e. The molecule has 0 saturated carbocycles. The molecule has 1 unspecified atom stereocenters. The molecule has 7 heteroatoms. The molecule has 2 saturated heterocycles. The zero-order valence-corrected chi connectivity index (χ0v) is 20.7. The van der Waals surface area contributed by atoms with Gasteiger partial charge in [0.05, 0.1) is 32.4 Å². The fourth-order valence-corrected chi connectivity index (χ4v) is 5.30. The Hall–Kier alpha value is -3.16. The number of nitrogens with zero attached hydrogens (tertiary/aromatic N) is 3. The zero-order chi connectivity index (χ0) is 24.4. The fourth-order valence-electron chi connectivity index (χ4n) is 5.30. The lowest BCUT2D eigenvalue weighted by atomic mass is 9.89. The van der Waals surface area contributed by atoms with Crippen molar-refractivity contribution in [3.63, 3.8) is 0 Å². The van der Waals surface area contributed by atoms with Gasteiger partial charge in [0.15, 0.2) is 5.69 Å². The van der Waals surface area contributed by atoms with Crippen molar-refractivity contribution in [1.82, 2.24) is 20.0 Å². The first kappa shape index (κ1) is 23.6. The first-order valence-corrected chi connectivity index (χ1v) is 12.4. The van der Waals surface area contributed by atoms with Crippen molar-refractivity contribution >= 4 is 16.8 Å². The zero-order valence-electron chi connectivity index (χ0n) is 20.7. The molecule has 1 aromatic heterocycles. The summed E-state index contributed by atoms with van der Waals surface area (Å²) in [5, 5.41) is 8.90. The monoisotopic (exact) mass is 474 g/mol. The van der Waals surface area contributed by atoms with E-state index in [9.17, 15) is 4.79 Å². The Morgan fingerprint density at radius 3 is 2.66 bits per heavy atom. The molecule has 2 bridgehead atoms. The second-order valence-corrected chi connectivity index (χ2v) is 9.84. The lowest BCUT2D eigenvalue weighted by Crippen LogP contribution is -2.60. The van der Waals surface area contributed by atoms with Crippen LogP contribution in [0, 0.1) is 0 Å². The summed E-state index contributed by atoms with van der Waals surface area (Å²) in [6, 6.07) is 16.8. The lowest BCUT2D eigenvalue weighted by molar-refractivity contribution is -0.0843. The predicted octanol–water partition coefficient (Wildman–Crippen LogP) is 4.17. The van der Waals surface area contributed by atoms with Gasteiger partial charge in [0, 0.05) is 30.1 Å². The number of ether oxygens (including phenoxy) is 2. The Morgan fingerprint density at radius 2 is 1.91 bits per heavy atom. The van der Waals surface area contributed by atoms with Gasteiger partial charge >= 0.3 is 0 Å². The molecule has 7 nitrogen and oxygen atoms in total. The van der Waals surface area contributed by atoms with E-state index >= 15 is 0 Å². The van der Waals surface area contributed by atoms with Crippen LogP contribution in [0.25, 0.3) is 10.9 Å². The molecule has 0 aliphatic carbocycles. The molecule has 0 spiro atoms. The molecule has 3 aromatic rings. The van der Waals surface area contributed by atoms with Crippen LogP contribution in [0.3, 0.4) is 0 Å². The van der Waals surface area contributed by atoms with E-state index in [-0.39, 0.29) is 24.0 Å². The number of hydrogen-bond acceptors (Lipinski definition) is 5. The normalized spacial score (nSPS) is 22.1. The van der Waals surface area contributed by atoms with Crippen molar-refractivity contribution in [1.29, 1.82) is 0 Å². The molecular formula is C28H34N4O3. The summed E-state index contributed by atoms with van der Waals surface area (Å²) in [7, 11) is 1.70. The molecule has 1 amide bonds. The number of nitrogens with one attached hydrogen (secondary N) is 1. The van der Waals surface area contributed by atoms with Gasteiger partial charge in [-0.2, -0.15) is 5.10 Å². The molecule has 35 heavy (non-hydrogen) atoms. The first-order chi connectivity index (χ1) is 17.0. The lowest BCUT2D eigenvalue weighted by Gasteiger charge is -2.48. The Labute approximate surface area is 206 Å². The first-order valence-electron chi connectivity index (χ1n) is 12.4. The number of morpholine rings is 1. The summed E-state index contributed by atoms with van der Waals surface area (Å²) in [6.45, 7) is 7.03. The summed E-state index contributed by atoms with van der Waals surface area (Å²) in [5.74, 6) is 0.782. The van der Waals surface area contributed by atoms with Crippen LogP contribution in [0.15, 0.2) is 60.2 Å². The summed E-state index contributed by atoms with van der Waals surface area (Å²) in [5.41, 5.74) is 3.94. The largest absolute Gasteiger partial charge is 0.497 e. The average Bonchev–Trinajstić information content (AvgIpc) is 3.22. The molecule has 0 radical (unpaired) electrons. The summed E-state index contributed by atoms with van der Waals surface area (Å²) >= 11 is 0. The molecule has 5 rings (SSSR count). The van der Waals surface area contributed by atoms with Gasteiger partial charge in [-0.05, 0) is 50.5 Å². The minimum atomic E-state index is -0.0950. The van der Waals surface area contributed by atoms with Gasteiger partial charge in [0.2, 0.25) is 0 Å². The van der Waals surface area contributed by atoms with Crippen LogP contribution >= 0.6 is 0 Å². The highest BCUT2D eigenvalue weighted by molar-refractivity contribution is 6.05. The summed E-state index contributed by atoms with van der Waals surface area (Å²) in [4.78, 5) is 15.9. The van der Waals surface area contributed by atoms with Gasteiger partial charge in [-0.1, -0.05) is 42.0 Å². The van der Waals surface area contributed by atoms with E-state index in [1.165, 1.54) is 11.1 Å². The number of methoxy groups -OCH3 is 1. The third kappa shape index (κ3) is 5.11. The number of aromatic nitrogens is 2. The third-order valence-electron chi connectivity index (χ3n) is 7.05. The highest BCUT2D eigenvalue weighted by Crippen LogP contribution is 2.30. The van der Waals surface area contributed by atoms with Gasteiger partial charge in [0.25, 0.3) is 5.91 Å². The van der Waals surface area contributed by atoms with Crippen molar-refractivity contribution in [3.05, 3.63) is 71.4 Å². The van der Waals surface area contributed by atoms with Crippen LogP contribution in [-0.2, 0) is 17.8 Å². The maximum atomic E-state index is 13.4. The smallest absolute Gasteiger partial charge is 0.272 e. The molecular weight excluding hydrogens is 440 g/mol. The van der Waals surface area contributed by atoms with E-state index in [2.05, 4.69) is 42.3 Å². The number of fused-ring (bicyclic) bond motifs is 3. The molecule has 2 aromatic carbocycles. The number of allylic oxidation sites excluding steroid dienone is 2. The number of benzene rings is 2. The van der Waals surface area contributed by atoms with E-state index < -0.39 is 0 Å². The van der Waals surface area contributed by atoms with Crippen LogP contribution in [0.1, 0.15) is 42.7 Å². The number of amides is 1. The highest BCUT2D eigenvalue weighted by atomic mass is 16.5. The van der Waals surface area contributed by atoms with Crippen molar-refractivity contribution in [2.45, 2.75) is 57.9 Å². The Balaban J connectivity index is 1.30. The van der Waals surface area contributed by atoms with Crippen LogP contribution in [0.2, 0.25) is 0 Å². The number of hydrogen-bond donors (Lipinski definition) is 1. The standard InChI is InChI=1S/C28H34N4O3/c1-19(2)11-12-32-26-10-5-4-9-25(26)27(30-32)28(33)29-21-14-22-17-35-18-23(15-21)31(22)16-20-7-6-8-24(13-20)34-3/h4-11,13,21-23H,12,14-18H2,1-3H3,(H,29,33)/t21?,22-,23+. The maximum absolute atomic E-state index is 13.4. The average molecular weight is 475 g/mol. The number of carbonyl (C=O) groups excluding carboxylic acids is 1. The summed E-state index contributed by atoms with van der Waals surface area (Å²) < 4.78 is 13.2. The number of para-hydroxylation sites is 1. The van der Waals surface area contributed by atoms with Gasteiger partial charge in [0.1, 0.15) is 5.75 Å². The predicted molar refractivity (Wildman–Crippen MR) is 137 cm³/mol. The molecule has 2 fully saturated rings. The highest BCUT2D eigenvalue weighted by Gasteiger charge is 2.39. The van der Waals surface area contributed by atoms with Crippen LogP contribution < -0.4 is 10.1 Å². The quantitative estimate of drug-likeness (QED) is 0.521. The van der Waals surface area contributed by atoms with Crippen molar-refractivity contribution in [2.75, 3.05) is 20.3 Å². The van der Waals surface area contributed by atoms with E-state index in [0.29, 0.717) is 25.5 Å². The minimum Gasteiger partial charge on any atom is -0.497 e. The van der Waals surface area contributed by atoms with E-state index in [4.69, 9.17) is 14.6 Å². The Bertz CT molecular complexity index is 1220. The van der Waals surface area contributed by atoms with Gasteiger partial charge < -0.3 is 14.8 Å². The topological polar surface area (TPSA) is 68.6 Å². The number of carbonyl (C=O) groups is 1. The minimum absolute atomic E-state index is 0.0950. The van der Waals surface area contributed by atoms with Gasteiger partial charge in [-0.15, -0.1) is 0 Å². The second-order valence-electron chi connectivity index (χ2n) is 9.84. The summed E-state index contributed by atoms with van der Waals surface area (Å²) in [6.07, 6.45) is 3.85. The Morgan fingerprint density at radius 1 is 1.14 bits per heavy atom. The molecule has 3 heterocycles. The van der Waals surface area contributed by atoms with Gasteiger partial charge in [-0.25, -0.2) is 0 Å². The van der Waals surface area contributed by atoms with Crippen LogP contribution in [0.5, 0.6) is 5.75 Å². The van der Waals surface area contributed by atoms with E-state index in [0.717, 1.165) is 36.0 Å². The second kappa shape index (κ2) is 10.2. The fraction of sp³-hybridized carbons (Fsp3) is 0.429. The van der Waals surface area contributed by atoms with Crippen molar-refractivity contribution in [3.8, 4) is 5.75 Å². The van der Waals surface area contributed by atoms with E-state index in [1.807, 2.05) is 41.1 Å². The molecule has 3 atom stereocenters. The van der Waals surface area contributed by atoms with Crippen molar-refractivity contribution < 1.29 is 14.3 Å².